The van der Waals surface area contributed by atoms with Crippen molar-refractivity contribution in [1.29, 1.82) is 0 Å². The van der Waals surface area contributed by atoms with Crippen molar-refractivity contribution < 1.29 is 0 Å². The highest BCUT2D eigenvalue weighted by Crippen LogP contribution is 2.41. The molecule has 0 aliphatic rings. The van der Waals surface area contributed by atoms with Gasteiger partial charge in [0.05, 0.1) is 16.7 Å². The summed E-state index contributed by atoms with van der Waals surface area (Å²) in [6.45, 7) is 0. The number of rotatable bonds is 5. The van der Waals surface area contributed by atoms with Gasteiger partial charge in [-0.2, -0.15) is 0 Å². The average molecular weight is 487 g/mol. The molecule has 2 heteroatoms. The molecule has 6 aromatic carbocycles. The van der Waals surface area contributed by atoms with E-state index in [1.807, 2.05) is 0 Å². The van der Waals surface area contributed by atoms with E-state index in [0.717, 1.165) is 22.7 Å². The maximum atomic E-state index is 2.36. The van der Waals surface area contributed by atoms with E-state index in [4.69, 9.17) is 0 Å². The zero-order valence-electron chi connectivity index (χ0n) is 20.9. The molecule has 38 heavy (non-hydrogen) atoms. The minimum atomic E-state index is 1.11. The third kappa shape index (κ3) is 3.75. The smallest absolute Gasteiger partial charge is 0.0541 e. The molecule has 7 aromatic rings. The fourth-order valence-corrected chi connectivity index (χ4v) is 5.49. The fraction of sp³-hybridized carbons (Fsp3) is 0. The summed E-state index contributed by atoms with van der Waals surface area (Å²) < 4.78 is 2.36. The predicted molar refractivity (Wildman–Crippen MR) is 161 cm³/mol. The Labute approximate surface area is 222 Å². The lowest BCUT2D eigenvalue weighted by molar-refractivity contribution is 1.17. The first-order valence-corrected chi connectivity index (χ1v) is 13.0. The van der Waals surface area contributed by atoms with Crippen LogP contribution in [-0.2, 0) is 0 Å². The van der Waals surface area contributed by atoms with Crippen LogP contribution in [0.4, 0.5) is 17.1 Å². The van der Waals surface area contributed by atoms with Gasteiger partial charge >= 0.3 is 0 Å². The molecule has 1 aromatic heterocycles. The SMILES string of the molecule is c1ccc(-c2ccccc2N(c2ccccc2)c2ccc(-n3c4ccccc4c4ccccc43)cc2)cc1. The molecule has 7 rings (SSSR count). The van der Waals surface area contributed by atoms with Crippen molar-refractivity contribution >= 4 is 38.9 Å². The second-order valence-electron chi connectivity index (χ2n) is 9.44. The molecular weight excluding hydrogens is 460 g/mol. The number of aromatic nitrogens is 1. The highest BCUT2D eigenvalue weighted by molar-refractivity contribution is 6.09. The molecule has 0 radical (unpaired) electrons. The van der Waals surface area contributed by atoms with Crippen LogP contribution in [0.5, 0.6) is 0 Å². The van der Waals surface area contributed by atoms with Crippen LogP contribution in [0, 0.1) is 0 Å². The Morgan fingerprint density at radius 1 is 0.395 bits per heavy atom. The summed E-state index contributed by atoms with van der Waals surface area (Å²) in [5, 5.41) is 2.55. The fourth-order valence-electron chi connectivity index (χ4n) is 5.49. The molecule has 2 nitrogen and oxygen atoms in total. The number of hydrogen-bond donors (Lipinski definition) is 0. The number of hydrogen-bond acceptors (Lipinski definition) is 1. The predicted octanol–water partition coefficient (Wildman–Crippen LogP) is 9.92. The van der Waals surface area contributed by atoms with Crippen LogP contribution in [0.1, 0.15) is 0 Å². The summed E-state index contributed by atoms with van der Waals surface area (Å²) in [6.07, 6.45) is 0. The Morgan fingerprint density at radius 2 is 0.895 bits per heavy atom. The summed E-state index contributed by atoms with van der Waals surface area (Å²) in [5.74, 6) is 0. The Kier molecular flexibility index (Phi) is 5.49. The molecule has 0 saturated carbocycles. The molecule has 0 bridgehead atoms. The molecule has 0 amide bonds. The minimum absolute atomic E-state index is 1.11. The number of benzene rings is 6. The first-order chi connectivity index (χ1) is 18.9. The highest BCUT2D eigenvalue weighted by atomic mass is 15.1. The van der Waals surface area contributed by atoms with Crippen molar-refractivity contribution in [2.75, 3.05) is 4.90 Å². The maximum Gasteiger partial charge on any atom is 0.0541 e. The largest absolute Gasteiger partial charge is 0.310 e. The molecule has 1 heterocycles. The molecule has 0 spiro atoms. The monoisotopic (exact) mass is 486 g/mol. The second-order valence-corrected chi connectivity index (χ2v) is 9.44. The topological polar surface area (TPSA) is 8.17 Å². The van der Waals surface area contributed by atoms with Gasteiger partial charge in [-0.15, -0.1) is 0 Å². The Balaban J connectivity index is 1.39. The van der Waals surface area contributed by atoms with Crippen molar-refractivity contribution in [3.8, 4) is 16.8 Å². The summed E-state index contributed by atoms with van der Waals surface area (Å²) in [4.78, 5) is 2.35. The van der Waals surface area contributed by atoms with Gasteiger partial charge in [-0.1, -0.05) is 103 Å². The molecule has 0 atom stereocenters. The molecule has 0 aliphatic heterocycles. The molecular formula is C36H26N2. The van der Waals surface area contributed by atoms with Gasteiger partial charge in [0, 0.05) is 33.4 Å². The summed E-state index contributed by atoms with van der Waals surface area (Å²) >= 11 is 0. The Morgan fingerprint density at radius 3 is 1.55 bits per heavy atom. The van der Waals surface area contributed by atoms with E-state index in [9.17, 15) is 0 Å². The summed E-state index contributed by atoms with van der Waals surface area (Å²) in [5.41, 5.74) is 9.37. The molecule has 0 saturated heterocycles. The van der Waals surface area contributed by atoms with Gasteiger partial charge in [-0.05, 0) is 60.2 Å². The van der Waals surface area contributed by atoms with Gasteiger partial charge in [0.2, 0.25) is 0 Å². The quantitative estimate of drug-likeness (QED) is 0.235. The van der Waals surface area contributed by atoms with Crippen LogP contribution in [0.15, 0.2) is 158 Å². The van der Waals surface area contributed by atoms with E-state index >= 15 is 0 Å². The van der Waals surface area contributed by atoms with Crippen molar-refractivity contribution in [3.63, 3.8) is 0 Å². The van der Waals surface area contributed by atoms with Gasteiger partial charge in [0.1, 0.15) is 0 Å². The first kappa shape index (κ1) is 22.1. The standard InChI is InChI=1S/C36H26N2/c1-3-13-27(14-4-1)31-17-7-10-20-34(31)37(28-15-5-2-6-16-28)29-23-25-30(26-24-29)38-35-21-11-8-18-32(35)33-19-9-12-22-36(33)38/h1-26H. The van der Waals surface area contributed by atoms with E-state index in [-0.39, 0.29) is 0 Å². The third-order valence-electron chi connectivity index (χ3n) is 7.19. The number of para-hydroxylation sites is 4. The number of nitrogens with zero attached hydrogens (tertiary/aromatic N) is 2. The van der Waals surface area contributed by atoms with Crippen molar-refractivity contribution in [3.05, 3.63) is 158 Å². The van der Waals surface area contributed by atoms with Gasteiger partial charge in [0.15, 0.2) is 0 Å². The lowest BCUT2D eigenvalue weighted by Gasteiger charge is -2.28. The molecule has 0 unspecified atom stereocenters. The van der Waals surface area contributed by atoms with Crippen molar-refractivity contribution in [2.24, 2.45) is 0 Å². The molecule has 0 fully saturated rings. The third-order valence-corrected chi connectivity index (χ3v) is 7.19. The lowest BCUT2D eigenvalue weighted by Crippen LogP contribution is -2.11. The second kappa shape index (κ2) is 9.42. The van der Waals surface area contributed by atoms with Crippen molar-refractivity contribution in [1.82, 2.24) is 4.57 Å². The Bertz CT molecular complexity index is 1800. The van der Waals surface area contributed by atoms with E-state index < -0.39 is 0 Å². The first-order valence-electron chi connectivity index (χ1n) is 13.0. The normalized spacial score (nSPS) is 11.2. The minimum Gasteiger partial charge on any atom is -0.310 e. The molecule has 180 valence electrons. The van der Waals surface area contributed by atoms with Gasteiger partial charge in [-0.25, -0.2) is 0 Å². The van der Waals surface area contributed by atoms with Crippen LogP contribution < -0.4 is 4.90 Å². The van der Waals surface area contributed by atoms with Crippen molar-refractivity contribution in [2.45, 2.75) is 0 Å². The van der Waals surface area contributed by atoms with E-state index in [1.165, 1.54) is 32.9 Å². The molecule has 0 N–H and O–H groups in total. The van der Waals surface area contributed by atoms with Gasteiger partial charge < -0.3 is 9.47 Å². The van der Waals surface area contributed by atoms with E-state index in [0.29, 0.717) is 0 Å². The summed E-state index contributed by atoms with van der Waals surface area (Å²) in [6, 6.07) is 56.0. The lowest BCUT2D eigenvalue weighted by atomic mass is 10.0. The van der Waals surface area contributed by atoms with Gasteiger partial charge in [0.25, 0.3) is 0 Å². The maximum absolute atomic E-state index is 2.36. The number of anilines is 3. The Hall–Kier alpha value is -5.08. The van der Waals surface area contributed by atoms with Crippen LogP contribution >= 0.6 is 0 Å². The van der Waals surface area contributed by atoms with Crippen LogP contribution in [0.25, 0.3) is 38.6 Å². The van der Waals surface area contributed by atoms with Crippen LogP contribution in [0.3, 0.4) is 0 Å². The molecule has 0 aliphatic carbocycles. The van der Waals surface area contributed by atoms with Crippen LogP contribution in [-0.4, -0.2) is 4.57 Å². The van der Waals surface area contributed by atoms with E-state index in [2.05, 4.69) is 167 Å². The summed E-state index contributed by atoms with van der Waals surface area (Å²) in [7, 11) is 0. The van der Waals surface area contributed by atoms with Crippen LogP contribution in [0.2, 0.25) is 0 Å². The van der Waals surface area contributed by atoms with Gasteiger partial charge in [-0.3, -0.25) is 0 Å². The highest BCUT2D eigenvalue weighted by Gasteiger charge is 2.17. The zero-order valence-corrected chi connectivity index (χ0v) is 20.9. The zero-order chi connectivity index (χ0) is 25.3. The van der Waals surface area contributed by atoms with E-state index in [1.54, 1.807) is 0 Å². The average Bonchev–Trinajstić information content (AvgIpc) is 3.33. The number of fused-ring (bicyclic) bond motifs is 3.